The van der Waals surface area contributed by atoms with Crippen molar-refractivity contribution >= 4 is 22.6 Å². The molecule has 96 valence electrons. The van der Waals surface area contributed by atoms with Crippen LogP contribution < -0.4 is 11.4 Å². The van der Waals surface area contributed by atoms with Gasteiger partial charge >= 0.3 is 5.69 Å². The number of H-pyrrole nitrogens is 1. The summed E-state index contributed by atoms with van der Waals surface area (Å²) in [7, 11) is 0. The van der Waals surface area contributed by atoms with Gasteiger partial charge in [0.05, 0.1) is 11.0 Å². The van der Waals surface area contributed by atoms with E-state index in [1.54, 1.807) is 12.1 Å². The molecule has 0 aliphatic rings. The fourth-order valence-electron chi connectivity index (χ4n) is 1.97. The van der Waals surface area contributed by atoms with Crippen LogP contribution in [-0.4, -0.2) is 15.5 Å². The number of nitrogens with one attached hydrogen (secondary N) is 1. The molecule has 0 aliphatic heterocycles. The van der Waals surface area contributed by atoms with E-state index in [9.17, 15) is 9.59 Å². The van der Waals surface area contributed by atoms with E-state index in [0.29, 0.717) is 23.1 Å². The highest BCUT2D eigenvalue weighted by atomic mass is 16.2. The number of rotatable bonds is 2. The Kier molecular flexibility index (Phi) is 2.98. The van der Waals surface area contributed by atoms with Crippen LogP contribution in [0.25, 0.3) is 11.0 Å². The molecule has 0 saturated heterocycles. The van der Waals surface area contributed by atoms with Crippen molar-refractivity contribution in [2.45, 2.75) is 27.2 Å². The summed E-state index contributed by atoms with van der Waals surface area (Å²) in [5.74, 6) is 0.00153. The standard InChI is InChI=1S/C13H17N3O2/c1-7(2)4-12(17)16-11-6-9(14)8(3)5-10(11)15-13(16)18/h5-7H,4,14H2,1-3H3,(H,15,18). The van der Waals surface area contributed by atoms with Crippen LogP contribution in [0.3, 0.4) is 0 Å². The molecule has 1 aromatic carbocycles. The molecule has 18 heavy (non-hydrogen) atoms. The summed E-state index contributed by atoms with van der Waals surface area (Å²) in [5, 5.41) is 0. The van der Waals surface area contributed by atoms with Crippen molar-refractivity contribution in [3.8, 4) is 0 Å². The first-order valence-corrected chi connectivity index (χ1v) is 5.94. The highest BCUT2D eigenvalue weighted by Crippen LogP contribution is 2.19. The van der Waals surface area contributed by atoms with E-state index in [2.05, 4.69) is 4.98 Å². The van der Waals surface area contributed by atoms with Crippen LogP contribution in [0.4, 0.5) is 5.69 Å². The van der Waals surface area contributed by atoms with Crippen molar-refractivity contribution in [1.82, 2.24) is 9.55 Å². The second-order valence-electron chi connectivity index (χ2n) is 4.98. The summed E-state index contributed by atoms with van der Waals surface area (Å²) >= 11 is 0. The van der Waals surface area contributed by atoms with Gasteiger partial charge in [0.25, 0.3) is 0 Å². The zero-order valence-corrected chi connectivity index (χ0v) is 10.8. The van der Waals surface area contributed by atoms with Crippen LogP contribution in [0, 0.1) is 12.8 Å². The first-order chi connectivity index (χ1) is 8.40. The fourth-order valence-corrected chi connectivity index (χ4v) is 1.97. The minimum atomic E-state index is -0.402. The second kappa shape index (κ2) is 4.33. The second-order valence-corrected chi connectivity index (χ2v) is 4.98. The summed E-state index contributed by atoms with van der Waals surface area (Å²) in [6.45, 7) is 5.74. The zero-order valence-electron chi connectivity index (χ0n) is 10.8. The van der Waals surface area contributed by atoms with E-state index < -0.39 is 5.69 Å². The van der Waals surface area contributed by atoms with Crippen molar-refractivity contribution < 1.29 is 4.79 Å². The predicted octanol–water partition coefficient (Wildman–Crippen LogP) is 1.91. The third-order valence-corrected chi connectivity index (χ3v) is 2.90. The molecule has 0 saturated carbocycles. The van der Waals surface area contributed by atoms with Crippen LogP contribution in [0.15, 0.2) is 16.9 Å². The van der Waals surface area contributed by atoms with Gasteiger partial charge in [0, 0.05) is 12.1 Å². The summed E-state index contributed by atoms with van der Waals surface area (Å²) in [6, 6.07) is 3.45. The first kappa shape index (κ1) is 12.4. The quantitative estimate of drug-likeness (QED) is 0.795. The SMILES string of the molecule is Cc1cc2[nH]c(=O)n(C(=O)CC(C)C)c2cc1N. The van der Waals surface area contributed by atoms with E-state index in [1.165, 1.54) is 4.57 Å². The number of benzene rings is 1. The molecule has 0 bridgehead atoms. The Hall–Kier alpha value is -2.04. The maximum atomic E-state index is 12.0. The van der Waals surface area contributed by atoms with Crippen molar-refractivity contribution in [1.29, 1.82) is 0 Å². The highest BCUT2D eigenvalue weighted by Gasteiger charge is 2.15. The number of hydrogen-bond acceptors (Lipinski definition) is 3. The molecule has 0 aliphatic carbocycles. The Morgan fingerprint density at radius 2 is 2.11 bits per heavy atom. The normalized spacial score (nSPS) is 11.3. The molecule has 5 heteroatoms. The van der Waals surface area contributed by atoms with Gasteiger partial charge in [-0.3, -0.25) is 4.79 Å². The number of imidazole rings is 1. The van der Waals surface area contributed by atoms with Gasteiger partial charge in [0.1, 0.15) is 0 Å². The fraction of sp³-hybridized carbons (Fsp3) is 0.385. The van der Waals surface area contributed by atoms with E-state index in [1.807, 2.05) is 20.8 Å². The molecule has 0 spiro atoms. The van der Waals surface area contributed by atoms with Gasteiger partial charge in [-0.1, -0.05) is 13.8 Å². The lowest BCUT2D eigenvalue weighted by Crippen LogP contribution is -2.25. The molecule has 0 unspecified atom stereocenters. The topological polar surface area (TPSA) is 80.9 Å². The number of aromatic amines is 1. The molecular weight excluding hydrogens is 230 g/mol. The van der Waals surface area contributed by atoms with Crippen LogP contribution in [0.2, 0.25) is 0 Å². The predicted molar refractivity (Wildman–Crippen MR) is 71.8 cm³/mol. The highest BCUT2D eigenvalue weighted by molar-refractivity contribution is 5.92. The molecule has 2 aromatic rings. The van der Waals surface area contributed by atoms with Gasteiger partial charge in [0.2, 0.25) is 5.91 Å². The van der Waals surface area contributed by atoms with Gasteiger partial charge in [-0.2, -0.15) is 0 Å². The van der Waals surface area contributed by atoms with Gasteiger partial charge in [-0.15, -0.1) is 0 Å². The van der Waals surface area contributed by atoms with E-state index in [4.69, 9.17) is 5.73 Å². The van der Waals surface area contributed by atoms with E-state index in [-0.39, 0.29) is 11.8 Å². The Morgan fingerprint density at radius 3 is 2.72 bits per heavy atom. The number of nitrogens with two attached hydrogens (primary N) is 1. The number of nitrogen functional groups attached to an aromatic ring is 1. The monoisotopic (exact) mass is 247 g/mol. The number of aryl methyl sites for hydroxylation is 1. The van der Waals surface area contributed by atoms with Crippen LogP contribution in [-0.2, 0) is 0 Å². The summed E-state index contributed by atoms with van der Waals surface area (Å²) < 4.78 is 1.17. The lowest BCUT2D eigenvalue weighted by molar-refractivity contribution is 0.0888. The molecule has 0 atom stereocenters. The zero-order chi connectivity index (χ0) is 13.4. The number of anilines is 1. The molecule has 3 N–H and O–H groups in total. The maximum absolute atomic E-state index is 12.0. The number of carbonyl (C=O) groups excluding carboxylic acids is 1. The number of hydrogen-bond donors (Lipinski definition) is 2. The third kappa shape index (κ3) is 2.03. The molecule has 1 heterocycles. The Morgan fingerprint density at radius 1 is 1.44 bits per heavy atom. The lowest BCUT2D eigenvalue weighted by atomic mass is 10.1. The Bertz CT molecular complexity index is 665. The minimum absolute atomic E-state index is 0.204. The maximum Gasteiger partial charge on any atom is 0.333 e. The van der Waals surface area contributed by atoms with Gasteiger partial charge < -0.3 is 10.7 Å². The Balaban J connectivity index is 2.64. The Labute approximate surface area is 105 Å². The molecule has 5 nitrogen and oxygen atoms in total. The number of fused-ring (bicyclic) bond motifs is 1. The summed E-state index contributed by atoms with van der Waals surface area (Å²) in [6.07, 6.45) is 0.334. The molecule has 0 amide bonds. The largest absolute Gasteiger partial charge is 0.398 e. The third-order valence-electron chi connectivity index (χ3n) is 2.90. The van der Waals surface area contributed by atoms with Gasteiger partial charge in [-0.05, 0) is 30.5 Å². The summed E-state index contributed by atoms with van der Waals surface area (Å²) in [5.41, 5.74) is 8.07. The molecule has 1 aromatic heterocycles. The first-order valence-electron chi connectivity index (χ1n) is 5.94. The summed E-state index contributed by atoms with van der Waals surface area (Å²) in [4.78, 5) is 26.6. The van der Waals surface area contributed by atoms with Crippen LogP contribution >= 0.6 is 0 Å². The molecule has 0 radical (unpaired) electrons. The van der Waals surface area contributed by atoms with Crippen LogP contribution in [0.1, 0.15) is 30.6 Å². The van der Waals surface area contributed by atoms with E-state index >= 15 is 0 Å². The molecule has 0 fully saturated rings. The van der Waals surface area contributed by atoms with Gasteiger partial charge in [0.15, 0.2) is 0 Å². The van der Waals surface area contributed by atoms with Crippen molar-refractivity contribution in [2.24, 2.45) is 5.92 Å². The number of aromatic nitrogens is 2. The average Bonchev–Trinajstić information content (AvgIpc) is 2.53. The smallest absolute Gasteiger partial charge is 0.333 e. The lowest BCUT2D eigenvalue weighted by Gasteiger charge is -2.06. The average molecular weight is 247 g/mol. The molecular formula is C13H17N3O2. The number of nitrogens with zero attached hydrogens (tertiary/aromatic N) is 1. The van der Waals surface area contributed by atoms with Crippen molar-refractivity contribution in [2.75, 3.05) is 5.73 Å². The van der Waals surface area contributed by atoms with Crippen LogP contribution in [0.5, 0.6) is 0 Å². The number of carbonyl (C=O) groups is 1. The van der Waals surface area contributed by atoms with Gasteiger partial charge in [-0.25, -0.2) is 9.36 Å². The minimum Gasteiger partial charge on any atom is -0.398 e. The van der Waals surface area contributed by atoms with E-state index in [0.717, 1.165) is 5.56 Å². The van der Waals surface area contributed by atoms with Crippen molar-refractivity contribution in [3.63, 3.8) is 0 Å². The molecule has 2 rings (SSSR count). The van der Waals surface area contributed by atoms with Crippen molar-refractivity contribution in [3.05, 3.63) is 28.2 Å².